The van der Waals surface area contributed by atoms with E-state index in [2.05, 4.69) is 26.6 Å². The molecule has 0 aromatic heterocycles. The van der Waals surface area contributed by atoms with Gasteiger partial charge in [0.05, 0.1) is 0 Å². The average Bonchev–Trinajstić information content (AvgIpc) is 1.98. The molecule has 7 heteroatoms. The average molecular weight is 385 g/mol. The van der Waals surface area contributed by atoms with Crippen molar-refractivity contribution < 1.29 is 4.74 Å². The molecule has 0 amide bonds. The van der Waals surface area contributed by atoms with Crippen molar-refractivity contribution in [1.82, 2.24) is 0 Å². The van der Waals surface area contributed by atoms with Crippen LogP contribution in [0, 0.1) is 0 Å². The molecule has 0 fully saturated rings. The summed E-state index contributed by atoms with van der Waals surface area (Å²) >= 11 is 6.14. The Balaban J connectivity index is 4.94. The fourth-order valence-corrected chi connectivity index (χ4v) is 25.7. The van der Waals surface area contributed by atoms with Gasteiger partial charge in [0, 0.05) is 0 Å². The Morgan fingerprint density at radius 2 is 1.69 bits per heavy atom. The first-order valence-corrected chi connectivity index (χ1v) is 18.4. The van der Waals surface area contributed by atoms with E-state index in [1.807, 2.05) is 0 Å². The molecular weight excluding hydrogens is 367 g/mol. The van der Waals surface area contributed by atoms with Crippen molar-refractivity contribution in [3.05, 3.63) is 9.25 Å². The number of hydrogen-bond donors (Lipinski definition) is 0. The predicted octanol–water partition coefficient (Wildman–Crippen LogP) is 5.33. The van der Waals surface area contributed by atoms with Crippen molar-refractivity contribution in [2.75, 3.05) is 6.61 Å². The van der Waals surface area contributed by atoms with Gasteiger partial charge in [0.25, 0.3) is 0 Å². The molecule has 0 rings (SSSR count). The third-order valence-corrected chi connectivity index (χ3v) is 18.2. The molecule has 0 atom stereocenters. The number of rotatable bonds is 6. The van der Waals surface area contributed by atoms with Crippen LogP contribution in [0.25, 0.3) is 0 Å². The number of halogens is 4. The zero-order valence-electron chi connectivity index (χ0n) is 10.0. The first-order chi connectivity index (χ1) is 7.10. The molecule has 0 aromatic rings. The van der Waals surface area contributed by atoms with Crippen LogP contribution in [-0.4, -0.2) is 25.2 Å². The van der Waals surface area contributed by atoms with Gasteiger partial charge < -0.3 is 0 Å². The standard InChI is InChI=1S/C9H18Cl4GeOSi/c1-5-6-7-15-8(10)9(14(11,12)13)16(2,3)4/h5-7H2,1-4H3/b9-8+. The van der Waals surface area contributed by atoms with E-state index in [0.717, 1.165) is 16.9 Å². The fraction of sp³-hybridized carbons (Fsp3) is 0.778. The summed E-state index contributed by atoms with van der Waals surface area (Å²) in [5.41, 5.74) is 0. The quantitative estimate of drug-likeness (QED) is 0.342. The second-order valence-electron chi connectivity index (χ2n) is 4.60. The molecule has 0 aliphatic rings. The predicted molar refractivity (Wildman–Crippen MR) is 80.4 cm³/mol. The van der Waals surface area contributed by atoms with E-state index in [-0.39, 0.29) is 0 Å². The minimum atomic E-state index is -3.46. The summed E-state index contributed by atoms with van der Waals surface area (Å²) < 4.78 is 6.29. The van der Waals surface area contributed by atoms with Crippen molar-refractivity contribution in [2.24, 2.45) is 0 Å². The molecule has 0 saturated carbocycles. The molecule has 0 aliphatic carbocycles. The van der Waals surface area contributed by atoms with Crippen LogP contribution in [0.4, 0.5) is 0 Å². The first kappa shape index (κ1) is 17.5. The van der Waals surface area contributed by atoms with Crippen LogP contribution < -0.4 is 0 Å². The van der Waals surface area contributed by atoms with Crippen LogP contribution in [0.2, 0.25) is 19.6 Å². The van der Waals surface area contributed by atoms with E-state index in [1.54, 1.807) is 0 Å². The zero-order chi connectivity index (χ0) is 13.0. The topological polar surface area (TPSA) is 9.23 Å². The second kappa shape index (κ2) is 7.15. The molecule has 0 aliphatic heterocycles. The van der Waals surface area contributed by atoms with Gasteiger partial charge in [0.15, 0.2) is 0 Å². The number of ether oxygens (including phenoxy) is 1. The van der Waals surface area contributed by atoms with Gasteiger partial charge in [-0.3, -0.25) is 0 Å². The summed E-state index contributed by atoms with van der Waals surface area (Å²) in [6, 6.07) is 0. The van der Waals surface area contributed by atoms with Gasteiger partial charge in [-0.05, 0) is 0 Å². The molecule has 0 bridgehead atoms. The Labute approximate surface area is 119 Å². The zero-order valence-corrected chi connectivity index (χ0v) is 16.2. The molecule has 0 radical (unpaired) electrons. The van der Waals surface area contributed by atoms with Crippen LogP contribution in [0.1, 0.15) is 19.8 Å². The van der Waals surface area contributed by atoms with Crippen molar-refractivity contribution in [2.45, 2.75) is 39.4 Å². The summed E-state index contributed by atoms with van der Waals surface area (Å²) in [5.74, 6) is 0. The second-order valence-corrected chi connectivity index (χ2v) is 26.0. The van der Waals surface area contributed by atoms with E-state index < -0.39 is 18.6 Å². The monoisotopic (exact) mass is 384 g/mol. The summed E-state index contributed by atoms with van der Waals surface area (Å²) in [5, 5.41) is 0.340. The molecule has 0 aromatic carbocycles. The molecule has 0 unspecified atom stereocenters. The van der Waals surface area contributed by atoms with E-state index in [4.69, 9.17) is 46.4 Å². The van der Waals surface area contributed by atoms with Gasteiger partial charge in [-0.2, -0.15) is 0 Å². The molecule has 16 heavy (non-hydrogen) atoms. The fourth-order valence-electron chi connectivity index (χ4n) is 1.21. The van der Waals surface area contributed by atoms with Crippen LogP contribution in [0.15, 0.2) is 9.25 Å². The number of unbranched alkanes of at least 4 members (excludes halogenated alkanes) is 1. The minimum absolute atomic E-state index is 0.340. The van der Waals surface area contributed by atoms with Crippen LogP contribution in [0.5, 0.6) is 0 Å². The van der Waals surface area contributed by atoms with Crippen LogP contribution in [0.3, 0.4) is 0 Å². The molecular formula is C9H18Cl4GeOSi. The van der Waals surface area contributed by atoms with Gasteiger partial charge in [-0.15, -0.1) is 0 Å². The molecule has 1 nitrogen and oxygen atoms in total. The maximum atomic E-state index is 6.14. The Morgan fingerprint density at radius 3 is 2.00 bits per heavy atom. The van der Waals surface area contributed by atoms with Gasteiger partial charge >= 0.3 is 120 Å². The molecule has 96 valence electrons. The van der Waals surface area contributed by atoms with Crippen LogP contribution >= 0.6 is 41.6 Å². The Hall–Kier alpha value is 1.46. The SMILES string of the molecule is CCCCO/C(Cl)=[C](/[Si](C)(C)C)[Ge]([Cl])([Cl])[Cl]. The van der Waals surface area contributed by atoms with Gasteiger partial charge in [0.1, 0.15) is 0 Å². The summed E-state index contributed by atoms with van der Waals surface area (Å²) in [6.45, 7) is 9.02. The Bertz CT molecular complexity index is 241. The third-order valence-electron chi connectivity index (χ3n) is 1.96. The van der Waals surface area contributed by atoms with Crippen molar-refractivity contribution >= 4 is 60.2 Å². The number of hydrogen-bond acceptors (Lipinski definition) is 1. The molecule has 0 N–H and O–H groups in total. The Morgan fingerprint density at radius 1 is 1.19 bits per heavy atom. The normalized spacial score (nSPS) is 14.8. The van der Waals surface area contributed by atoms with E-state index in [9.17, 15) is 0 Å². The van der Waals surface area contributed by atoms with E-state index >= 15 is 0 Å². The Kier molecular flexibility index (Phi) is 7.80. The van der Waals surface area contributed by atoms with Crippen LogP contribution in [-0.2, 0) is 4.74 Å². The maximum absolute atomic E-state index is 6.14. The van der Waals surface area contributed by atoms with Crippen molar-refractivity contribution in [1.29, 1.82) is 0 Å². The van der Waals surface area contributed by atoms with Crippen molar-refractivity contribution in [3.8, 4) is 0 Å². The molecule has 0 heterocycles. The first-order valence-electron chi connectivity index (χ1n) is 5.21. The van der Waals surface area contributed by atoms with Gasteiger partial charge in [0.2, 0.25) is 0 Å². The molecule has 0 saturated heterocycles. The summed E-state index contributed by atoms with van der Waals surface area (Å²) in [7, 11) is 13.2. The third kappa shape index (κ3) is 6.41. The van der Waals surface area contributed by atoms with Crippen molar-refractivity contribution in [3.63, 3.8) is 0 Å². The molecule has 0 spiro atoms. The van der Waals surface area contributed by atoms with Gasteiger partial charge in [-0.25, -0.2) is 0 Å². The van der Waals surface area contributed by atoms with E-state index in [1.165, 1.54) is 0 Å². The summed E-state index contributed by atoms with van der Waals surface area (Å²) in [4.78, 5) is 0. The van der Waals surface area contributed by atoms with Gasteiger partial charge in [-0.1, -0.05) is 0 Å². The summed E-state index contributed by atoms with van der Waals surface area (Å²) in [6.07, 6.45) is 2.02. The van der Waals surface area contributed by atoms with E-state index in [0.29, 0.717) is 11.8 Å².